The van der Waals surface area contributed by atoms with Gasteiger partial charge in [0.1, 0.15) is 29.2 Å². The van der Waals surface area contributed by atoms with Gasteiger partial charge in [-0.3, -0.25) is 4.72 Å². The molecule has 0 atom stereocenters. The van der Waals surface area contributed by atoms with Crippen LogP contribution in [0.5, 0.6) is 0 Å². The van der Waals surface area contributed by atoms with E-state index in [1.54, 1.807) is 24.3 Å². The molecule has 0 amide bonds. The third-order valence-corrected chi connectivity index (χ3v) is 4.64. The Morgan fingerprint density at radius 1 is 1.12 bits per heavy atom. The Bertz CT molecular complexity index is 959. The molecular formula is C15H12F2N4O2S. The predicted octanol–water partition coefficient (Wildman–Crippen LogP) is 2.41. The Hall–Kier alpha value is -2.81. The van der Waals surface area contributed by atoms with Gasteiger partial charge in [-0.1, -0.05) is 18.2 Å². The van der Waals surface area contributed by atoms with Crippen LogP contribution < -0.4 is 4.72 Å². The van der Waals surface area contributed by atoms with Gasteiger partial charge in [0.05, 0.1) is 12.2 Å². The second-order valence-corrected chi connectivity index (χ2v) is 6.58. The first-order chi connectivity index (χ1) is 11.5. The topological polar surface area (TPSA) is 76.9 Å². The summed E-state index contributed by atoms with van der Waals surface area (Å²) in [5.74, 6) is -2.01. The molecule has 3 rings (SSSR count). The maximum atomic E-state index is 13.8. The lowest BCUT2D eigenvalue weighted by molar-refractivity contribution is 0.551. The third-order valence-electron chi connectivity index (χ3n) is 3.24. The fourth-order valence-corrected chi connectivity index (χ4v) is 3.30. The molecule has 0 aliphatic rings. The summed E-state index contributed by atoms with van der Waals surface area (Å²) in [5.41, 5.74) is 0.894. The molecule has 0 radical (unpaired) electrons. The van der Waals surface area contributed by atoms with Gasteiger partial charge < -0.3 is 0 Å². The first-order valence-electron chi connectivity index (χ1n) is 6.84. The highest BCUT2D eigenvalue weighted by molar-refractivity contribution is 7.92. The van der Waals surface area contributed by atoms with E-state index in [9.17, 15) is 17.2 Å². The molecule has 6 nitrogen and oxygen atoms in total. The molecule has 0 spiro atoms. The number of sulfonamides is 1. The Balaban J connectivity index is 1.93. The first-order valence-corrected chi connectivity index (χ1v) is 8.32. The summed E-state index contributed by atoms with van der Waals surface area (Å²) in [4.78, 5) is 3.19. The summed E-state index contributed by atoms with van der Waals surface area (Å²) >= 11 is 0. The van der Waals surface area contributed by atoms with E-state index in [0.29, 0.717) is 11.6 Å². The van der Waals surface area contributed by atoms with E-state index in [-0.39, 0.29) is 12.2 Å². The minimum absolute atomic E-state index is 0.275. The number of hydrogen-bond acceptors (Lipinski definition) is 4. The largest absolute Gasteiger partial charge is 0.279 e. The number of aromatic nitrogens is 3. The van der Waals surface area contributed by atoms with Crippen LogP contribution >= 0.6 is 0 Å². The summed E-state index contributed by atoms with van der Waals surface area (Å²) in [6.07, 6.45) is 2.85. The average Bonchev–Trinajstić information content (AvgIpc) is 3.01. The standard InChI is InChI=1S/C15H12F2N4O2S/c16-12-5-6-15(13(17)7-12)24(22,23)20-14-4-2-1-3-11(14)8-21-10-18-9-19-21/h1-7,9-10,20H,8H2. The van der Waals surface area contributed by atoms with Crippen molar-refractivity contribution >= 4 is 15.7 Å². The monoisotopic (exact) mass is 350 g/mol. The molecule has 0 bridgehead atoms. The van der Waals surface area contributed by atoms with Gasteiger partial charge in [-0.25, -0.2) is 26.9 Å². The lowest BCUT2D eigenvalue weighted by atomic mass is 10.2. The summed E-state index contributed by atoms with van der Waals surface area (Å²) in [5, 5.41) is 3.96. The van der Waals surface area contributed by atoms with E-state index in [1.165, 1.54) is 17.3 Å². The van der Waals surface area contributed by atoms with Gasteiger partial charge in [0, 0.05) is 6.07 Å². The SMILES string of the molecule is O=S(=O)(Nc1ccccc1Cn1cncn1)c1ccc(F)cc1F. The van der Waals surface area contributed by atoms with Crippen molar-refractivity contribution in [2.75, 3.05) is 4.72 Å². The molecule has 1 aromatic heterocycles. The average molecular weight is 350 g/mol. The van der Waals surface area contributed by atoms with E-state index >= 15 is 0 Å². The van der Waals surface area contributed by atoms with Gasteiger partial charge in [0.15, 0.2) is 0 Å². The molecule has 1 heterocycles. The maximum absolute atomic E-state index is 13.8. The van der Waals surface area contributed by atoms with Crippen molar-refractivity contribution < 1.29 is 17.2 Å². The maximum Gasteiger partial charge on any atom is 0.264 e. The zero-order valence-electron chi connectivity index (χ0n) is 12.2. The molecule has 0 saturated heterocycles. The van der Waals surface area contributed by atoms with Gasteiger partial charge in [0.25, 0.3) is 10.0 Å². The zero-order valence-corrected chi connectivity index (χ0v) is 13.0. The van der Waals surface area contributed by atoms with Crippen molar-refractivity contribution in [1.82, 2.24) is 14.8 Å². The van der Waals surface area contributed by atoms with Crippen molar-refractivity contribution in [3.8, 4) is 0 Å². The van der Waals surface area contributed by atoms with Crippen LogP contribution in [0.3, 0.4) is 0 Å². The molecule has 124 valence electrons. The van der Waals surface area contributed by atoms with Crippen LogP contribution in [0.25, 0.3) is 0 Å². The molecule has 2 aromatic carbocycles. The van der Waals surface area contributed by atoms with Gasteiger partial charge in [0.2, 0.25) is 0 Å². The minimum atomic E-state index is -4.20. The molecule has 1 N–H and O–H groups in total. The number of rotatable bonds is 5. The lowest BCUT2D eigenvalue weighted by Gasteiger charge is -2.13. The van der Waals surface area contributed by atoms with E-state index < -0.39 is 26.6 Å². The summed E-state index contributed by atoms with van der Waals surface area (Å²) in [6, 6.07) is 8.93. The van der Waals surface area contributed by atoms with Crippen LogP contribution in [-0.4, -0.2) is 23.2 Å². The van der Waals surface area contributed by atoms with Crippen LogP contribution in [0.2, 0.25) is 0 Å². The molecular weight excluding hydrogens is 338 g/mol. The van der Waals surface area contributed by atoms with Crippen molar-refractivity contribution in [3.05, 3.63) is 72.3 Å². The van der Waals surface area contributed by atoms with Crippen molar-refractivity contribution in [2.45, 2.75) is 11.4 Å². The van der Waals surface area contributed by atoms with E-state index in [0.717, 1.165) is 12.1 Å². The highest BCUT2D eigenvalue weighted by Crippen LogP contribution is 2.22. The highest BCUT2D eigenvalue weighted by Gasteiger charge is 2.20. The Labute approximate surface area is 136 Å². The Morgan fingerprint density at radius 3 is 2.62 bits per heavy atom. The van der Waals surface area contributed by atoms with Gasteiger partial charge >= 0.3 is 0 Å². The second kappa shape index (κ2) is 6.36. The molecule has 3 aromatic rings. The van der Waals surface area contributed by atoms with Crippen LogP contribution in [0.1, 0.15) is 5.56 Å². The van der Waals surface area contributed by atoms with Gasteiger partial charge in [-0.15, -0.1) is 0 Å². The van der Waals surface area contributed by atoms with Crippen LogP contribution in [-0.2, 0) is 16.6 Å². The molecule has 0 aliphatic heterocycles. The predicted molar refractivity (Wildman–Crippen MR) is 82.7 cm³/mol. The number of nitrogens with one attached hydrogen (secondary N) is 1. The summed E-state index contributed by atoms with van der Waals surface area (Å²) < 4.78 is 55.3. The number of hydrogen-bond donors (Lipinski definition) is 1. The highest BCUT2D eigenvalue weighted by atomic mass is 32.2. The molecule has 0 fully saturated rings. The third kappa shape index (κ3) is 3.40. The normalized spacial score (nSPS) is 11.4. The van der Waals surface area contributed by atoms with Crippen molar-refractivity contribution in [3.63, 3.8) is 0 Å². The number of benzene rings is 2. The van der Waals surface area contributed by atoms with E-state index in [4.69, 9.17) is 0 Å². The Morgan fingerprint density at radius 2 is 1.92 bits per heavy atom. The number of anilines is 1. The van der Waals surface area contributed by atoms with Crippen LogP contribution in [0, 0.1) is 11.6 Å². The lowest BCUT2D eigenvalue weighted by Crippen LogP contribution is -2.16. The quantitative estimate of drug-likeness (QED) is 0.767. The van der Waals surface area contributed by atoms with Crippen molar-refractivity contribution in [1.29, 1.82) is 0 Å². The molecule has 0 aliphatic carbocycles. The first kappa shape index (κ1) is 16.1. The fourth-order valence-electron chi connectivity index (χ4n) is 2.14. The van der Waals surface area contributed by atoms with Crippen LogP contribution in [0.4, 0.5) is 14.5 Å². The van der Waals surface area contributed by atoms with Crippen molar-refractivity contribution in [2.24, 2.45) is 0 Å². The Kier molecular flexibility index (Phi) is 4.26. The smallest absolute Gasteiger partial charge is 0.264 e. The fraction of sp³-hybridized carbons (Fsp3) is 0.0667. The van der Waals surface area contributed by atoms with E-state index in [1.807, 2.05) is 0 Å². The zero-order chi connectivity index (χ0) is 17.2. The second-order valence-electron chi connectivity index (χ2n) is 4.93. The molecule has 0 saturated carbocycles. The summed E-state index contributed by atoms with van der Waals surface area (Å²) in [7, 11) is -4.20. The van der Waals surface area contributed by atoms with Gasteiger partial charge in [-0.2, -0.15) is 5.10 Å². The number of halogens is 2. The number of nitrogens with zero attached hydrogens (tertiary/aromatic N) is 3. The number of para-hydroxylation sites is 1. The molecule has 24 heavy (non-hydrogen) atoms. The molecule has 9 heteroatoms. The molecule has 0 unspecified atom stereocenters. The minimum Gasteiger partial charge on any atom is -0.279 e. The van der Waals surface area contributed by atoms with E-state index in [2.05, 4.69) is 14.8 Å². The van der Waals surface area contributed by atoms with Crippen LogP contribution in [0.15, 0.2) is 60.0 Å². The summed E-state index contributed by atoms with van der Waals surface area (Å²) in [6.45, 7) is 0.282. The van der Waals surface area contributed by atoms with Gasteiger partial charge in [-0.05, 0) is 23.8 Å².